The van der Waals surface area contributed by atoms with Gasteiger partial charge in [-0.1, -0.05) is 12.2 Å². The fourth-order valence-electron chi connectivity index (χ4n) is 4.34. The van der Waals surface area contributed by atoms with Crippen LogP contribution in [0.4, 0.5) is 4.39 Å². The molecule has 2 aromatic heterocycles. The summed E-state index contributed by atoms with van der Waals surface area (Å²) in [4.78, 5) is 12.7. The first-order valence-corrected chi connectivity index (χ1v) is 9.55. The molecule has 0 radical (unpaired) electrons. The third-order valence-corrected chi connectivity index (χ3v) is 5.81. The number of piperidine rings is 1. The van der Waals surface area contributed by atoms with Crippen LogP contribution in [-0.4, -0.2) is 43.4 Å². The fraction of sp³-hybridized carbons (Fsp3) is 0.318. The third-order valence-electron chi connectivity index (χ3n) is 5.81. The van der Waals surface area contributed by atoms with E-state index in [2.05, 4.69) is 20.3 Å². The average Bonchev–Trinajstić information content (AvgIpc) is 2.98. The molecule has 4 heterocycles. The Kier molecular flexibility index (Phi) is 3.86. The molecule has 2 bridgehead atoms. The largest absolute Gasteiger partial charge is 0.507 e. The van der Waals surface area contributed by atoms with Crippen LogP contribution in [0.3, 0.4) is 0 Å². The maximum absolute atomic E-state index is 15.0. The Labute approximate surface area is 167 Å². The first-order valence-electron chi connectivity index (χ1n) is 9.55. The van der Waals surface area contributed by atoms with Gasteiger partial charge in [0.1, 0.15) is 11.9 Å². The molecule has 148 valence electrons. The normalized spacial score (nSPS) is 30.6. The molecule has 2 aliphatic heterocycles. The zero-order valence-electron chi connectivity index (χ0n) is 16.1. The summed E-state index contributed by atoms with van der Waals surface area (Å²) in [5, 5.41) is 15.5. The first kappa shape index (κ1) is 18.0. The lowest BCUT2D eigenvalue weighted by Gasteiger charge is -2.44. The van der Waals surface area contributed by atoms with Gasteiger partial charge >= 0.3 is 0 Å². The van der Waals surface area contributed by atoms with Gasteiger partial charge in [-0.2, -0.15) is 0 Å². The quantitative estimate of drug-likeness (QED) is 0.664. The van der Waals surface area contributed by atoms with Gasteiger partial charge in [0.25, 0.3) is 0 Å². The van der Waals surface area contributed by atoms with Gasteiger partial charge in [0, 0.05) is 35.3 Å². The van der Waals surface area contributed by atoms with Gasteiger partial charge in [-0.15, -0.1) is 0 Å². The van der Waals surface area contributed by atoms with E-state index in [0.717, 1.165) is 10.8 Å². The van der Waals surface area contributed by atoms with Crippen molar-refractivity contribution in [3.8, 4) is 22.9 Å². The second-order valence-electron chi connectivity index (χ2n) is 8.25. The predicted octanol–water partition coefficient (Wildman–Crippen LogP) is 3.56. The van der Waals surface area contributed by atoms with Crippen molar-refractivity contribution < 1.29 is 14.2 Å². The summed E-state index contributed by atoms with van der Waals surface area (Å²) in [6.45, 7) is 3.87. The number of phenolic OH excluding ortho intramolecular Hbond substituents is 1. The molecular weight excluding hydrogens is 371 g/mol. The molecule has 0 amide bonds. The van der Waals surface area contributed by atoms with E-state index < -0.39 is 17.8 Å². The summed E-state index contributed by atoms with van der Waals surface area (Å²) in [5.41, 5.74) is 0.0457. The van der Waals surface area contributed by atoms with Crippen molar-refractivity contribution in [1.29, 1.82) is 0 Å². The Hall–Kier alpha value is -3.06. The molecular formula is C22H21FN4O2. The van der Waals surface area contributed by atoms with E-state index >= 15 is 0 Å². The van der Waals surface area contributed by atoms with Gasteiger partial charge in [0.15, 0.2) is 6.17 Å². The van der Waals surface area contributed by atoms with E-state index in [1.807, 2.05) is 38.1 Å². The van der Waals surface area contributed by atoms with E-state index in [-0.39, 0.29) is 17.2 Å². The van der Waals surface area contributed by atoms with E-state index in [1.54, 1.807) is 18.5 Å². The summed E-state index contributed by atoms with van der Waals surface area (Å²) in [7, 11) is 0. The number of benzene rings is 1. The molecule has 7 heteroatoms. The minimum Gasteiger partial charge on any atom is -0.507 e. The maximum atomic E-state index is 15.0. The lowest BCUT2D eigenvalue weighted by molar-refractivity contribution is -0.000910. The highest BCUT2D eigenvalue weighted by atomic mass is 19.1. The molecule has 0 saturated carbocycles. The van der Waals surface area contributed by atoms with Crippen LogP contribution in [0.15, 0.2) is 55.1 Å². The second kappa shape index (κ2) is 6.22. The molecule has 29 heavy (non-hydrogen) atoms. The van der Waals surface area contributed by atoms with Crippen molar-refractivity contribution in [3.63, 3.8) is 0 Å². The van der Waals surface area contributed by atoms with Crippen LogP contribution in [0.25, 0.3) is 22.0 Å². The summed E-state index contributed by atoms with van der Waals surface area (Å²) >= 11 is 0. The van der Waals surface area contributed by atoms with Crippen LogP contribution in [0.5, 0.6) is 11.6 Å². The molecule has 2 aliphatic rings. The van der Waals surface area contributed by atoms with Crippen molar-refractivity contribution in [2.45, 2.75) is 43.6 Å². The number of ether oxygens (including phenoxy) is 1. The Morgan fingerprint density at radius 2 is 2.00 bits per heavy atom. The lowest BCUT2D eigenvalue weighted by Crippen LogP contribution is -2.64. The number of nitrogens with zero attached hydrogens (tertiary/aromatic N) is 3. The number of hydrogen-bond acceptors (Lipinski definition) is 6. The lowest BCUT2D eigenvalue weighted by atomic mass is 9.83. The van der Waals surface area contributed by atoms with Crippen molar-refractivity contribution in [2.24, 2.45) is 0 Å². The molecule has 1 aromatic carbocycles. The number of halogens is 1. The predicted molar refractivity (Wildman–Crippen MR) is 107 cm³/mol. The van der Waals surface area contributed by atoms with Gasteiger partial charge in [0.05, 0.1) is 23.6 Å². The number of aromatic hydroxyl groups is 1. The topological polar surface area (TPSA) is 80.2 Å². The Morgan fingerprint density at radius 3 is 2.79 bits per heavy atom. The molecule has 0 aliphatic carbocycles. The Bertz CT molecular complexity index is 1120. The molecule has 0 unspecified atom stereocenters. The van der Waals surface area contributed by atoms with E-state index in [1.165, 1.54) is 12.4 Å². The molecule has 1 saturated heterocycles. The van der Waals surface area contributed by atoms with Crippen molar-refractivity contribution in [2.75, 3.05) is 0 Å². The molecule has 1 fully saturated rings. The van der Waals surface area contributed by atoms with E-state index in [0.29, 0.717) is 17.7 Å². The van der Waals surface area contributed by atoms with Crippen LogP contribution in [0.1, 0.15) is 20.3 Å². The fourth-order valence-corrected chi connectivity index (χ4v) is 4.34. The SMILES string of the molecule is C[C@@]12C=C[C@@](C)(N1)[C@H](F)[C@@H](Oc1cnc(-c3cc4ccncc4cc3O)cn1)C2. The highest BCUT2D eigenvalue weighted by Crippen LogP contribution is 2.40. The van der Waals surface area contributed by atoms with Crippen LogP contribution >= 0.6 is 0 Å². The smallest absolute Gasteiger partial charge is 0.232 e. The number of phenols is 1. The number of nitrogens with one attached hydrogen (secondary N) is 1. The van der Waals surface area contributed by atoms with E-state index in [4.69, 9.17) is 4.74 Å². The minimum absolute atomic E-state index is 0.0964. The molecule has 0 spiro atoms. The standard InChI is InChI=1S/C22H21FN4O2/c1-21-4-5-22(2,27-21)20(23)18(9-21)29-19-12-25-16(11-26-19)15-7-13-3-6-24-10-14(13)8-17(15)28/h3-8,10-12,18,20,27-28H,9H2,1-2H3/t18-,20+,21-,22+/m0/s1. The van der Waals surface area contributed by atoms with Crippen LogP contribution in [-0.2, 0) is 0 Å². The van der Waals surface area contributed by atoms with Gasteiger partial charge in [0.2, 0.25) is 5.88 Å². The number of pyridine rings is 1. The second-order valence-corrected chi connectivity index (χ2v) is 8.25. The molecule has 3 aromatic rings. The molecule has 4 atom stereocenters. The van der Waals surface area contributed by atoms with Gasteiger partial charge in [-0.3, -0.25) is 10.3 Å². The average molecular weight is 392 g/mol. The summed E-state index contributed by atoms with van der Waals surface area (Å²) < 4.78 is 20.9. The van der Waals surface area contributed by atoms with Crippen LogP contribution in [0.2, 0.25) is 0 Å². The highest BCUT2D eigenvalue weighted by Gasteiger charge is 2.53. The van der Waals surface area contributed by atoms with E-state index in [9.17, 15) is 9.50 Å². The van der Waals surface area contributed by atoms with Crippen LogP contribution in [0, 0.1) is 0 Å². The number of alkyl halides is 1. The van der Waals surface area contributed by atoms with Crippen LogP contribution < -0.4 is 10.1 Å². The zero-order valence-corrected chi connectivity index (χ0v) is 16.1. The third kappa shape index (κ3) is 3.02. The van der Waals surface area contributed by atoms with Crippen molar-refractivity contribution in [1.82, 2.24) is 20.3 Å². The minimum atomic E-state index is -1.20. The Morgan fingerprint density at radius 1 is 1.14 bits per heavy atom. The number of aromatic nitrogens is 3. The van der Waals surface area contributed by atoms with Crippen molar-refractivity contribution in [3.05, 3.63) is 55.1 Å². The highest BCUT2D eigenvalue weighted by molar-refractivity contribution is 5.89. The maximum Gasteiger partial charge on any atom is 0.232 e. The summed E-state index contributed by atoms with van der Waals surface area (Å²) in [6, 6.07) is 5.36. The van der Waals surface area contributed by atoms with Gasteiger partial charge in [-0.05, 0) is 37.4 Å². The molecule has 6 nitrogen and oxygen atoms in total. The Balaban J connectivity index is 1.39. The van der Waals surface area contributed by atoms with Gasteiger partial charge in [-0.25, -0.2) is 14.4 Å². The first-order chi connectivity index (χ1) is 13.9. The summed E-state index contributed by atoms with van der Waals surface area (Å²) in [6.07, 6.45) is 8.96. The monoisotopic (exact) mass is 392 g/mol. The molecule has 2 N–H and O–H groups in total. The number of hydrogen-bond donors (Lipinski definition) is 2. The van der Waals surface area contributed by atoms with Crippen molar-refractivity contribution >= 4 is 10.8 Å². The number of fused-ring (bicyclic) bond motifs is 3. The summed E-state index contributed by atoms with van der Waals surface area (Å²) in [5.74, 6) is 0.360. The van der Waals surface area contributed by atoms with Gasteiger partial charge < -0.3 is 9.84 Å². The number of rotatable bonds is 3. The molecule has 5 rings (SSSR count). The zero-order chi connectivity index (χ0) is 20.2.